The number of allylic oxidation sites excluding steroid dienone is 1. The molecule has 1 unspecified atom stereocenters. The molecular weight excluding hydrogens is 396 g/mol. The topological polar surface area (TPSA) is 129 Å². The summed E-state index contributed by atoms with van der Waals surface area (Å²) in [6.45, 7) is 1.69. The maximum atomic E-state index is 12.2. The predicted octanol–water partition coefficient (Wildman–Crippen LogP) is 3.28. The van der Waals surface area contributed by atoms with Crippen LogP contribution in [0.1, 0.15) is 18.5 Å². The smallest absolute Gasteiger partial charge is 0.269 e. The molecule has 0 saturated carbocycles. The first-order valence-corrected chi connectivity index (χ1v) is 8.98. The average molecular weight is 411 g/mol. The summed E-state index contributed by atoms with van der Waals surface area (Å²) in [4.78, 5) is 27.4. The molecule has 1 aliphatic rings. The zero-order chi connectivity index (χ0) is 20.7. The van der Waals surface area contributed by atoms with Crippen molar-refractivity contribution in [1.82, 2.24) is 14.8 Å². The number of amides is 1. The van der Waals surface area contributed by atoms with Crippen LogP contribution in [0.4, 0.5) is 11.6 Å². The second-order valence-electron chi connectivity index (χ2n) is 6.47. The number of benzene rings is 2. The molecule has 3 aromatic rings. The molecule has 0 saturated heterocycles. The number of carbonyl (C=O) groups excluding carboxylic acids is 1. The minimum atomic E-state index is -0.771. The molecule has 1 aromatic heterocycles. The Morgan fingerprint density at radius 1 is 1.28 bits per heavy atom. The van der Waals surface area contributed by atoms with Crippen LogP contribution in [-0.2, 0) is 4.79 Å². The van der Waals surface area contributed by atoms with Crippen molar-refractivity contribution in [2.45, 2.75) is 13.0 Å². The minimum absolute atomic E-state index is 0.101. The first-order chi connectivity index (χ1) is 13.9. The lowest BCUT2D eigenvalue weighted by Gasteiger charge is -2.27. The van der Waals surface area contributed by atoms with Gasteiger partial charge < -0.3 is 11.1 Å². The molecule has 146 valence electrons. The Hall–Kier alpha value is -3.72. The number of aromatic nitrogens is 3. The van der Waals surface area contributed by atoms with E-state index < -0.39 is 16.9 Å². The standard InChI is InChI=1S/C19H15ClN6O3/c1-10-15(17(21)27)16(11-5-4-6-12(9-11)26(28)29)25-19(22-10)23-18(24-25)13-7-2-3-8-14(13)20/h2-9,16H,1H3,(H2,21,27)(H,22,23,24). The van der Waals surface area contributed by atoms with E-state index in [1.807, 2.05) is 6.07 Å². The Balaban J connectivity index is 1.91. The number of non-ortho nitro benzene ring substituents is 1. The van der Waals surface area contributed by atoms with Crippen molar-refractivity contribution < 1.29 is 9.72 Å². The highest BCUT2D eigenvalue weighted by Crippen LogP contribution is 2.37. The lowest BCUT2D eigenvalue weighted by molar-refractivity contribution is -0.384. The second-order valence-corrected chi connectivity index (χ2v) is 6.87. The van der Waals surface area contributed by atoms with E-state index in [1.54, 1.807) is 37.3 Å². The quantitative estimate of drug-likeness (QED) is 0.501. The van der Waals surface area contributed by atoms with Gasteiger partial charge in [-0.2, -0.15) is 4.98 Å². The van der Waals surface area contributed by atoms with Crippen molar-refractivity contribution >= 4 is 29.1 Å². The molecule has 4 rings (SSSR count). The first kappa shape index (κ1) is 18.6. The molecule has 9 nitrogen and oxygen atoms in total. The summed E-state index contributed by atoms with van der Waals surface area (Å²) in [7, 11) is 0. The molecule has 29 heavy (non-hydrogen) atoms. The third-order valence-corrected chi connectivity index (χ3v) is 4.96. The van der Waals surface area contributed by atoms with Crippen LogP contribution < -0.4 is 11.1 Å². The highest BCUT2D eigenvalue weighted by atomic mass is 35.5. The van der Waals surface area contributed by atoms with Gasteiger partial charge in [0.05, 0.1) is 15.5 Å². The number of fused-ring (bicyclic) bond motifs is 1. The van der Waals surface area contributed by atoms with Crippen LogP contribution in [-0.4, -0.2) is 25.6 Å². The molecule has 0 spiro atoms. The van der Waals surface area contributed by atoms with Crippen LogP contribution in [0, 0.1) is 10.1 Å². The second kappa shape index (κ2) is 7.02. The van der Waals surface area contributed by atoms with Gasteiger partial charge in [-0.05, 0) is 24.6 Å². The lowest BCUT2D eigenvalue weighted by atomic mass is 9.95. The van der Waals surface area contributed by atoms with Crippen molar-refractivity contribution in [3.63, 3.8) is 0 Å². The van der Waals surface area contributed by atoms with E-state index in [1.165, 1.54) is 16.8 Å². The summed E-state index contributed by atoms with van der Waals surface area (Å²) in [5, 5.41) is 19.3. The van der Waals surface area contributed by atoms with Gasteiger partial charge in [-0.25, -0.2) is 4.68 Å². The SMILES string of the molecule is CC1=C(C(N)=O)C(c2cccc([N+](=O)[O-])c2)n2nc(-c3ccccc3Cl)nc2N1. The third kappa shape index (κ3) is 3.21. The predicted molar refractivity (Wildman–Crippen MR) is 107 cm³/mol. The maximum Gasteiger partial charge on any atom is 0.269 e. The number of nitrogens with two attached hydrogens (primary N) is 1. The summed E-state index contributed by atoms with van der Waals surface area (Å²) < 4.78 is 1.49. The van der Waals surface area contributed by atoms with Gasteiger partial charge in [-0.15, -0.1) is 5.10 Å². The number of carbonyl (C=O) groups is 1. The van der Waals surface area contributed by atoms with Crippen LogP contribution >= 0.6 is 11.6 Å². The van der Waals surface area contributed by atoms with Crippen molar-refractivity contribution in [3.05, 3.63) is 80.5 Å². The molecule has 1 atom stereocenters. The van der Waals surface area contributed by atoms with Crippen molar-refractivity contribution in [2.75, 3.05) is 5.32 Å². The van der Waals surface area contributed by atoms with Gasteiger partial charge in [0.1, 0.15) is 6.04 Å². The molecule has 2 heterocycles. The maximum absolute atomic E-state index is 12.2. The monoisotopic (exact) mass is 410 g/mol. The van der Waals surface area contributed by atoms with Gasteiger partial charge in [0.15, 0.2) is 5.82 Å². The average Bonchev–Trinajstić information content (AvgIpc) is 3.10. The Labute approximate surface area is 170 Å². The third-order valence-electron chi connectivity index (χ3n) is 4.63. The molecule has 2 aromatic carbocycles. The van der Waals surface area contributed by atoms with Gasteiger partial charge in [0.2, 0.25) is 11.9 Å². The number of primary amides is 1. The molecule has 0 fully saturated rings. The molecule has 1 amide bonds. The fourth-order valence-corrected chi connectivity index (χ4v) is 3.56. The number of halogens is 1. The summed E-state index contributed by atoms with van der Waals surface area (Å²) >= 11 is 6.27. The highest BCUT2D eigenvalue weighted by molar-refractivity contribution is 6.33. The number of nitro groups is 1. The first-order valence-electron chi connectivity index (χ1n) is 8.60. The van der Waals surface area contributed by atoms with E-state index in [0.29, 0.717) is 33.6 Å². The van der Waals surface area contributed by atoms with Crippen molar-refractivity contribution in [2.24, 2.45) is 5.73 Å². The van der Waals surface area contributed by atoms with Crippen LogP contribution in [0.3, 0.4) is 0 Å². The Kier molecular flexibility index (Phi) is 4.51. The minimum Gasteiger partial charge on any atom is -0.366 e. The van der Waals surface area contributed by atoms with E-state index in [4.69, 9.17) is 17.3 Å². The van der Waals surface area contributed by atoms with E-state index in [2.05, 4.69) is 15.4 Å². The van der Waals surface area contributed by atoms with Crippen LogP contribution in [0.5, 0.6) is 0 Å². The van der Waals surface area contributed by atoms with Crippen LogP contribution in [0.25, 0.3) is 11.4 Å². The molecular formula is C19H15ClN6O3. The van der Waals surface area contributed by atoms with E-state index in [9.17, 15) is 14.9 Å². The Bertz CT molecular complexity index is 1190. The fourth-order valence-electron chi connectivity index (χ4n) is 3.34. The lowest BCUT2D eigenvalue weighted by Crippen LogP contribution is -2.31. The molecule has 10 heteroatoms. The van der Waals surface area contributed by atoms with Crippen molar-refractivity contribution in [3.8, 4) is 11.4 Å². The van der Waals surface area contributed by atoms with E-state index in [-0.39, 0.29) is 11.3 Å². The Morgan fingerprint density at radius 2 is 2.03 bits per heavy atom. The summed E-state index contributed by atoms with van der Waals surface area (Å²) in [6.07, 6.45) is 0. The van der Waals surface area contributed by atoms with Gasteiger partial charge in [-0.3, -0.25) is 14.9 Å². The summed E-state index contributed by atoms with van der Waals surface area (Å²) in [6, 6.07) is 12.3. The zero-order valence-corrected chi connectivity index (χ0v) is 15.9. The number of rotatable bonds is 4. The fraction of sp³-hybridized carbons (Fsp3) is 0.105. The number of nitrogens with zero attached hydrogens (tertiary/aromatic N) is 4. The number of nitro benzene ring substituents is 1. The van der Waals surface area contributed by atoms with Crippen LogP contribution in [0.15, 0.2) is 59.8 Å². The molecule has 0 radical (unpaired) electrons. The van der Waals surface area contributed by atoms with E-state index in [0.717, 1.165) is 0 Å². The number of anilines is 1. The number of hydrogen-bond donors (Lipinski definition) is 2. The van der Waals surface area contributed by atoms with Gasteiger partial charge in [0, 0.05) is 23.4 Å². The Morgan fingerprint density at radius 3 is 2.72 bits per heavy atom. The highest BCUT2D eigenvalue weighted by Gasteiger charge is 2.34. The van der Waals surface area contributed by atoms with Gasteiger partial charge in [-0.1, -0.05) is 35.9 Å². The summed E-state index contributed by atoms with van der Waals surface area (Å²) in [5.74, 6) is 0.0675. The number of hydrogen-bond acceptors (Lipinski definition) is 6. The molecule has 1 aliphatic heterocycles. The largest absolute Gasteiger partial charge is 0.366 e. The van der Waals surface area contributed by atoms with Crippen molar-refractivity contribution in [1.29, 1.82) is 0 Å². The molecule has 0 bridgehead atoms. The summed E-state index contributed by atoms with van der Waals surface area (Å²) in [5.41, 5.74) is 7.38. The van der Waals surface area contributed by atoms with E-state index >= 15 is 0 Å². The van der Waals surface area contributed by atoms with Gasteiger partial charge in [0.25, 0.3) is 5.69 Å². The number of nitrogens with one attached hydrogen (secondary N) is 1. The van der Waals surface area contributed by atoms with Crippen LogP contribution in [0.2, 0.25) is 5.02 Å². The molecule has 3 N–H and O–H groups in total. The zero-order valence-electron chi connectivity index (χ0n) is 15.2. The normalized spacial score (nSPS) is 15.6. The molecule has 0 aliphatic carbocycles. The van der Waals surface area contributed by atoms with Gasteiger partial charge >= 0.3 is 0 Å².